The summed E-state index contributed by atoms with van der Waals surface area (Å²) in [6, 6.07) is 12.9. The summed E-state index contributed by atoms with van der Waals surface area (Å²) in [7, 11) is 0. The molecule has 0 radical (unpaired) electrons. The third-order valence-electron chi connectivity index (χ3n) is 6.65. The molecule has 164 valence electrons. The lowest BCUT2D eigenvalue weighted by molar-refractivity contribution is 0.0753. The van der Waals surface area contributed by atoms with E-state index in [-0.39, 0.29) is 0 Å². The van der Waals surface area contributed by atoms with Crippen LogP contribution in [0, 0.1) is 5.92 Å². The lowest BCUT2D eigenvalue weighted by Gasteiger charge is -2.34. The predicted molar refractivity (Wildman–Crippen MR) is 134 cm³/mol. The first-order chi connectivity index (χ1) is 15.3. The second kappa shape index (κ2) is 9.99. The molecule has 0 spiro atoms. The van der Waals surface area contributed by atoms with Gasteiger partial charge in [-0.05, 0) is 72.3 Å². The first-order valence-electron chi connectivity index (χ1n) is 11.5. The summed E-state index contributed by atoms with van der Waals surface area (Å²) in [5.74, 6) is 0.676. The van der Waals surface area contributed by atoms with E-state index in [0.717, 1.165) is 41.5 Å². The number of piperidine rings is 1. The average Bonchev–Trinajstić information content (AvgIpc) is 3.44. The Balaban J connectivity index is 1.25. The SMILES string of the molecule is Brc1sc2nccc(N3CCC(COCCN4CCCC4)CC3)c2c1-c1ccccc1. The van der Waals surface area contributed by atoms with E-state index in [9.17, 15) is 0 Å². The standard InChI is InChI=1S/C25H30BrN3OS/c26-24-22(20-6-2-1-3-7-20)23-21(8-11-27-25(23)31-24)29-14-9-19(10-15-29)18-30-17-16-28-12-4-5-13-28/h1-3,6-8,11,19H,4-5,9-10,12-18H2. The number of pyridine rings is 1. The molecule has 4 heterocycles. The molecule has 31 heavy (non-hydrogen) atoms. The number of benzene rings is 1. The highest BCUT2D eigenvalue weighted by atomic mass is 79.9. The zero-order valence-electron chi connectivity index (χ0n) is 17.9. The van der Waals surface area contributed by atoms with Crippen molar-refractivity contribution in [3.63, 3.8) is 0 Å². The Kier molecular flexibility index (Phi) is 6.89. The van der Waals surface area contributed by atoms with E-state index < -0.39 is 0 Å². The van der Waals surface area contributed by atoms with E-state index in [0.29, 0.717) is 5.92 Å². The first-order valence-corrected chi connectivity index (χ1v) is 13.1. The van der Waals surface area contributed by atoms with E-state index >= 15 is 0 Å². The summed E-state index contributed by atoms with van der Waals surface area (Å²) in [6.07, 6.45) is 7.06. The van der Waals surface area contributed by atoms with Crippen LogP contribution in [0.4, 0.5) is 5.69 Å². The van der Waals surface area contributed by atoms with Crippen LogP contribution in [0.2, 0.25) is 0 Å². The molecule has 5 rings (SSSR count). The lowest BCUT2D eigenvalue weighted by Crippen LogP contribution is -2.35. The maximum atomic E-state index is 6.05. The van der Waals surface area contributed by atoms with Gasteiger partial charge in [0.2, 0.25) is 0 Å². The van der Waals surface area contributed by atoms with E-state index in [4.69, 9.17) is 4.74 Å². The maximum Gasteiger partial charge on any atom is 0.127 e. The summed E-state index contributed by atoms with van der Waals surface area (Å²) in [4.78, 5) is 10.9. The molecule has 4 nitrogen and oxygen atoms in total. The maximum absolute atomic E-state index is 6.05. The molecule has 0 unspecified atom stereocenters. The fraction of sp³-hybridized carbons (Fsp3) is 0.480. The van der Waals surface area contributed by atoms with Gasteiger partial charge in [-0.2, -0.15) is 0 Å². The van der Waals surface area contributed by atoms with Gasteiger partial charge in [0.1, 0.15) is 4.83 Å². The van der Waals surface area contributed by atoms with Crippen molar-refractivity contribution in [1.29, 1.82) is 0 Å². The second-order valence-electron chi connectivity index (χ2n) is 8.68. The Morgan fingerprint density at radius 1 is 1.03 bits per heavy atom. The highest BCUT2D eigenvalue weighted by molar-refractivity contribution is 9.11. The van der Waals surface area contributed by atoms with Crippen LogP contribution in [0.5, 0.6) is 0 Å². The highest BCUT2D eigenvalue weighted by Gasteiger charge is 2.24. The number of halogens is 1. The molecule has 2 aromatic heterocycles. The minimum atomic E-state index is 0.676. The van der Waals surface area contributed by atoms with Gasteiger partial charge in [0.15, 0.2) is 0 Å². The fourth-order valence-electron chi connectivity index (χ4n) is 4.90. The Hall–Kier alpha value is -1.47. The van der Waals surface area contributed by atoms with Gasteiger partial charge < -0.3 is 14.5 Å². The summed E-state index contributed by atoms with van der Waals surface area (Å²) in [6.45, 7) is 7.57. The van der Waals surface area contributed by atoms with Gasteiger partial charge in [0.25, 0.3) is 0 Å². The van der Waals surface area contributed by atoms with Crippen LogP contribution in [-0.4, -0.2) is 55.8 Å². The van der Waals surface area contributed by atoms with Crippen molar-refractivity contribution in [2.75, 3.05) is 50.8 Å². The van der Waals surface area contributed by atoms with Gasteiger partial charge in [-0.1, -0.05) is 30.3 Å². The number of thiophene rings is 1. The van der Waals surface area contributed by atoms with Crippen molar-refractivity contribution >= 4 is 43.2 Å². The summed E-state index contributed by atoms with van der Waals surface area (Å²) >= 11 is 5.54. The van der Waals surface area contributed by atoms with Crippen molar-refractivity contribution < 1.29 is 4.74 Å². The number of aromatic nitrogens is 1. The number of rotatable bonds is 7. The van der Waals surface area contributed by atoms with Crippen LogP contribution >= 0.6 is 27.3 Å². The van der Waals surface area contributed by atoms with E-state index in [1.165, 1.54) is 61.0 Å². The van der Waals surface area contributed by atoms with Gasteiger partial charge in [-0.25, -0.2) is 4.98 Å². The van der Waals surface area contributed by atoms with Gasteiger partial charge in [0, 0.05) is 49.1 Å². The molecule has 0 atom stereocenters. The molecule has 2 aliphatic rings. The van der Waals surface area contributed by atoms with Gasteiger partial charge in [-0.15, -0.1) is 11.3 Å². The van der Waals surface area contributed by atoms with Crippen molar-refractivity contribution in [3.8, 4) is 11.1 Å². The Morgan fingerprint density at radius 2 is 1.81 bits per heavy atom. The minimum absolute atomic E-state index is 0.676. The van der Waals surface area contributed by atoms with Crippen molar-refractivity contribution in [2.24, 2.45) is 5.92 Å². The molecule has 2 aliphatic heterocycles. The Morgan fingerprint density at radius 3 is 2.58 bits per heavy atom. The quantitative estimate of drug-likeness (QED) is 0.369. The second-order valence-corrected chi connectivity index (χ2v) is 11.0. The molecule has 0 saturated carbocycles. The molecular formula is C25H30BrN3OS. The lowest BCUT2D eigenvalue weighted by atomic mass is 9.96. The van der Waals surface area contributed by atoms with Crippen molar-refractivity contribution in [3.05, 3.63) is 46.4 Å². The van der Waals surface area contributed by atoms with Crippen molar-refractivity contribution in [2.45, 2.75) is 25.7 Å². The summed E-state index contributed by atoms with van der Waals surface area (Å²) in [5, 5.41) is 1.28. The molecule has 0 amide bonds. The van der Waals surface area contributed by atoms with E-state index in [1.54, 1.807) is 11.3 Å². The largest absolute Gasteiger partial charge is 0.380 e. The van der Waals surface area contributed by atoms with Crippen LogP contribution in [0.1, 0.15) is 25.7 Å². The van der Waals surface area contributed by atoms with Gasteiger partial charge in [-0.3, -0.25) is 0 Å². The number of hydrogen-bond acceptors (Lipinski definition) is 5. The first kappa shape index (κ1) is 21.4. The smallest absolute Gasteiger partial charge is 0.127 e. The molecule has 1 aromatic carbocycles. The number of likely N-dealkylation sites (tertiary alicyclic amines) is 1. The van der Waals surface area contributed by atoms with Crippen molar-refractivity contribution in [1.82, 2.24) is 9.88 Å². The topological polar surface area (TPSA) is 28.6 Å². The third kappa shape index (κ3) is 4.82. The zero-order chi connectivity index (χ0) is 21.0. The fourth-order valence-corrected chi connectivity index (χ4v) is 6.70. The molecule has 0 N–H and O–H groups in total. The van der Waals surface area contributed by atoms with Crippen LogP contribution < -0.4 is 4.90 Å². The van der Waals surface area contributed by atoms with E-state index in [2.05, 4.69) is 67.1 Å². The predicted octanol–water partition coefficient (Wildman–Crippen LogP) is 6.05. The number of nitrogens with zero attached hydrogens (tertiary/aromatic N) is 3. The van der Waals surface area contributed by atoms with Crippen LogP contribution in [0.15, 0.2) is 46.4 Å². The molecule has 6 heteroatoms. The third-order valence-corrected chi connectivity index (χ3v) is 8.42. The number of hydrogen-bond donors (Lipinski definition) is 0. The Bertz CT molecular complexity index is 995. The summed E-state index contributed by atoms with van der Waals surface area (Å²) < 4.78 is 7.21. The van der Waals surface area contributed by atoms with Crippen LogP contribution in [0.25, 0.3) is 21.3 Å². The zero-order valence-corrected chi connectivity index (χ0v) is 20.3. The average molecular weight is 501 g/mol. The number of ether oxygens (including phenoxy) is 1. The summed E-state index contributed by atoms with van der Waals surface area (Å²) in [5.41, 5.74) is 3.84. The number of anilines is 1. The van der Waals surface area contributed by atoms with Gasteiger partial charge in [0.05, 0.1) is 10.4 Å². The normalized spacial score (nSPS) is 18.3. The monoisotopic (exact) mass is 499 g/mol. The van der Waals surface area contributed by atoms with E-state index in [1.807, 2.05) is 6.20 Å². The molecule has 2 fully saturated rings. The van der Waals surface area contributed by atoms with Crippen LogP contribution in [-0.2, 0) is 4.74 Å². The Labute approximate surface area is 197 Å². The number of fused-ring (bicyclic) bond motifs is 1. The van der Waals surface area contributed by atoms with Gasteiger partial charge >= 0.3 is 0 Å². The van der Waals surface area contributed by atoms with Crippen LogP contribution in [0.3, 0.4) is 0 Å². The molecule has 2 saturated heterocycles. The molecule has 3 aromatic rings. The molecular weight excluding hydrogens is 470 g/mol. The molecule has 0 bridgehead atoms. The molecule has 0 aliphatic carbocycles. The minimum Gasteiger partial charge on any atom is -0.380 e. The highest BCUT2D eigenvalue weighted by Crippen LogP contribution is 2.45.